The first-order chi connectivity index (χ1) is 6.09. The Labute approximate surface area is 75.4 Å². The van der Waals surface area contributed by atoms with Gasteiger partial charge < -0.3 is 9.84 Å². The van der Waals surface area contributed by atoms with Crippen molar-refractivity contribution in [3.05, 3.63) is 0 Å². The normalized spacial score (nSPS) is 21.7. The molecule has 1 aliphatic rings. The van der Waals surface area contributed by atoms with Crippen LogP contribution in [0.1, 0.15) is 19.8 Å². The van der Waals surface area contributed by atoms with Gasteiger partial charge in [-0.1, -0.05) is 0 Å². The number of esters is 1. The fourth-order valence-corrected chi connectivity index (χ4v) is 0.976. The third-order valence-electron chi connectivity index (χ3n) is 1.54. The van der Waals surface area contributed by atoms with Crippen molar-refractivity contribution in [3.63, 3.8) is 0 Å². The van der Waals surface area contributed by atoms with Gasteiger partial charge >= 0.3 is 5.97 Å². The van der Waals surface area contributed by atoms with E-state index >= 15 is 0 Å². The first kappa shape index (κ1) is 9.85. The van der Waals surface area contributed by atoms with E-state index in [4.69, 9.17) is 5.11 Å². The average Bonchev–Trinajstić information content (AvgIpc) is 2.34. The Morgan fingerprint density at radius 3 is 2.92 bits per heavy atom. The first-order valence-corrected chi connectivity index (χ1v) is 4.05. The number of aliphatic imine (C=N–C) groups is 1. The van der Waals surface area contributed by atoms with Crippen LogP contribution in [-0.2, 0) is 14.3 Å². The third-order valence-corrected chi connectivity index (χ3v) is 1.54. The summed E-state index contributed by atoms with van der Waals surface area (Å²) in [5.41, 5.74) is 0.158. The minimum atomic E-state index is -0.728. The molecule has 1 heterocycles. The minimum Gasteiger partial charge on any atom is -0.461 e. The van der Waals surface area contributed by atoms with Crippen LogP contribution in [0.3, 0.4) is 0 Å². The molecule has 5 heteroatoms. The van der Waals surface area contributed by atoms with Crippen molar-refractivity contribution in [2.45, 2.75) is 25.9 Å². The molecule has 1 aliphatic heterocycles. The lowest BCUT2D eigenvalue weighted by Gasteiger charge is -1.98. The molecule has 13 heavy (non-hydrogen) atoms. The van der Waals surface area contributed by atoms with Crippen LogP contribution < -0.4 is 0 Å². The molecule has 1 N–H and O–H groups in total. The number of ether oxygens (including phenoxy) is 1. The molecule has 72 valence electrons. The standard InChI is InChI=1S/C8H11NO4/c1-5(10)4-7(11)9-6-2-3-13-8(6)12/h5,10H,2-4H2,1H3. The number of carbonyl (C=O) groups is 2. The van der Waals surface area contributed by atoms with Crippen LogP contribution in [0.4, 0.5) is 0 Å². The van der Waals surface area contributed by atoms with E-state index in [0.29, 0.717) is 13.0 Å². The van der Waals surface area contributed by atoms with Crippen LogP contribution in [0, 0.1) is 0 Å². The topological polar surface area (TPSA) is 76.0 Å². The molecule has 0 aromatic heterocycles. The van der Waals surface area contributed by atoms with Gasteiger partial charge in [0, 0.05) is 6.42 Å². The number of hydrogen-bond donors (Lipinski definition) is 1. The van der Waals surface area contributed by atoms with Crippen molar-refractivity contribution in [2.75, 3.05) is 6.61 Å². The lowest BCUT2D eigenvalue weighted by atomic mass is 10.2. The van der Waals surface area contributed by atoms with Gasteiger partial charge in [-0.3, -0.25) is 4.79 Å². The van der Waals surface area contributed by atoms with Gasteiger partial charge in [-0.05, 0) is 6.92 Å². The zero-order valence-electron chi connectivity index (χ0n) is 7.32. The van der Waals surface area contributed by atoms with Crippen molar-refractivity contribution >= 4 is 17.6 Å². The molecule has 1 amide bonds. The molecule has 5 nitrogen and oxygen atoms in total. The second-order valence-electron chi connectivity index (χ2n) is 2.89. The monoisotopic (exact) mass is 185 g/mol. The number of cyclic esters (lactones) is 1. The van der Waals surface area contributed by atoms with E-state index in [-0.39, 0.29) is 12.1 Å². The van der Waals surface area contributed by atoms with Crippen LogP contribution in [0.2, 0.25) is 0 Å². The summed E-state index contributed by atoms with van der Waals surface area (Å²) in [6, 6.07) is 0. The number of nitrogens with zero attached hydrogens (tertiary/aromatic N) is 1. The van der Waals surface area contributed by atoms with Crippen molar-refractivity contribution in [1.82, 2.24) is 0 Å². The highest BCUT2D eigenvalue weighted by molar-refractivity contribution is 6.39. The molecule has 0 radical (unpaired) electrons. The molecule has 0 saturated carbocycles. The van der Waals surface area contributed by atoms with Crippen LogP contribution in [0.25, 0.3) is 0 Å². The highest BCUT2D eigenvalue weighted by atomic mass is 16.5. The Kier molecular flexibility index (Phi) is 3.13. The summed E-state index contributed by atoms with van der Waals surface area (Å²) >= 11 is 0. The summed E-state index contributed by atoms with van der Waals surface area (Å²) in [6.07, 6.45) is -0.407. The highest BCUT2D eigenvalue weighted by Crippen LogP contribution is 2.03. The smallest absolute Gasteiger partial charge is 0.352 e. The molecular formula is C8H11NO4. The Morgan fingerprint density at radius 2 is 2.46 bits per heavy atom. The summed E-state index contributed by atoms with van der Waals surface area (Å²) in [7, 11) is 0. The van der Waals surface area contributed by atoms with Crippen LogP contribution in [0.5, 0.6) is 0 Å². The fraction of sp³-hybridized carbons (Fsp3) is 0.625. The van der Waals surface area contributed by atoms with Crippen LogP contribution >= 0.6 is 0 Å². The molecule has 0 aliphatic carbocycles. The maximum Gasteiger partial charge on any atom is 0.352 e. The van der Waals surface area contributed by atoms with Gasteiger partial charge in [0.2, 0.25) is 5.91 Å². The second-order valence-corrected chi connectivity index (χ2v) is 2.89. The zero-order valence-corrected chi connectivity index (χ0v) is 7.32. The summed E-state index contributed by atoms with van der Waals surface area (Å²) in [6.45, 7) is 1.78. The van der Waals surface area contributed by atoms with Crippen molar-refractivity contribution in [2.24, 2.45) is 4.99 Å². The van der Waals surface area contributed by atoms with E-state index in [1.807, 2.05) is 0 Å². The molecule has 0 aromatic rings. The van der Waals surface area contributed by atoms with Crippen LogP contribution in [0.15, 0.2) is 4.99 Å². The fourth-order valence-electron chi connectivity index (χ4n) is 0.976. The molecule has 1 rings (SSSR count). The predicted octanol–water partition coefficient (Wildman–Crippen LogP) is -0.328. The summed E-state index contributed by atoms with van der Waals surface area (Å²) in [5, 5.41) is 8.86. The molecule has 1 fully saturated rings. The van der Waals surface area contributed by atoms with Gasteiger partial charge in [0.05, 0.1) is 19.1 Å². The van der Waals surface area contributed by atoms with E-state index in [1.54, 1.807) is 0 Å². The van der Waals surface area contributed by atoms with Gasteiger partial charge in [-0.25, -0.2) is 9.79 Å². The number of amides is 1. The number of carbonyl (C=O) groups excluding carboxylic acids is 2. The summed E-state index contributed by atoms with van der Waals surface area (Å²) in [5.74, 6) is -1.01. The van der Waals surface area contributed by atoms with E-state index < -0.39 is 18.0 Å². The van der Waals surface area contributed by atoms with Crippen molar-refractivity contribution in [1.29, 1.82) is 0 Å². The van der Waals surface area contributed by atoms with E-state index in [0.717, 1.165) is 0 Å². The lowest BCUT2D eigenvalue weighted by molar-refractivity contribution is -0.133. The number of hydrogen-bond acceptors (Lipinski definition) is 4. The molecule has 0 aromatic carbocycles. The lowest BCUT2D eigenvalue weighted by Crippen LogP contribution is -2.12. The summed E-state index contributed by atoms with van der Waals surface area (Å²) in [4.78, 5) is 25.4. The van der Waals surface area contributed by atoms with E-state index in [9.17, 15) is 9.59 Å². The van der Waals surface area contributed by atoms with Gasteiger partial charge in [0.15, 0.2) is 0 Å². The van der Waals surface area contributed by atoms with Crippen LogP contribution in [-0.4, -0.2) is 35.4 Å². The predicted molar refractivity (Wildman–Crippen MR) is 44.3 cm³/mol. The first-order valence-electron chi connectivity index (χ1n) is 4.05. The number of rotatable bonds is 2. The quantitative estimate of drug-likeness (QED) is 0.598. The highest BCUT2D eigenvalue weighted by Gasteiger charge is 2.21. The molecule has 1 unspecified atom stereocenters. The van der Waals surface area contributed by atoms with Gasteiger partial charge in [-0.15, -0.1) is 0 Å². The van der Waals surface area contributed by atoms with E-state index in [2.05, 4.69) is 9.73 Å². The Morgan fingerprint density at radius 1 is 1.77 bits per heavy atom. The number of aliphatic hydroxyl groups excluding tert-OH is 1. The largest absolute Gasteiger partial charge is 0.461 e. The molecule has 1 saturated heterocycles. The molecule has 0 spiro atoms. The SMILES string of the molecule is CC(O)CC(=O)N=C1CCOC1=O. The number of aliphatic hydroxyl groups is 1. The second kappa shape index (κ2) is 4.13. The van der Waals surface area contributed by atoms with Crippen molar-refractivity contribution in [3.8, 4) is 0 Å². The maximum absolute atomic E-state index is 11.0. The van der Waals surface area contributed by atoms with Gasteiger partial charge in [-0.2, -0.15) is 0 Å². The Bertz CT molecular complexity index is 257. The minimum absolute atomic E-state index is 0.0588. The third kappa shape index (κ3) is 2.95. The molecular weight excluding hydrogens is 174 g/mol. The Hall–Kier alpha value is -1.23. The zero-order chi connectivity index (χ0) is 9.84. The average molecular weight is 185 g/mol. The molecule has 1 atom stereocenters. The van der Waals surface area contributed by atoms with Gasteiger partial charge in [0.1, 0.15) is 5.71 Å². The summed E-state index contributed by atoms with van der Waals surface area (Å²) < 4.78 is 4.59. The Balaban J connectivity index is 2.54. The molecule has 0 bridgehead atoms. The van der Waals surface area contributed by atoms with E-state index in [1.165, 1.54) is 6.92 Å². The van der Waals surface area contributed by atoms with Crippen molar-refractivity contribution < 1.29 is 19.4 Å². The maximum atomic E-state index is 11.0. The van der Waals surface area contributed by atoms with Gasteiger partial charge in [0.25, 0.3) is 0 Å².